The van der Waals surface area contributed by atoms with Gasteiger partial charge in [-0.05, 0) is 24.6 Å². The van der Waals surface area contributed by atoms with Crippen LogP contribution in [-0.2, 0) is 0 Å². The normalized spacial score (nSPS) is 10.9. The summed E-state index contributed by atoms with van der Waals surface area (Å²) >= 11 is 11.1. The highest BCUT2D eigenvalue weighted by Gasteiger charge is 1.98. The third-order valence-corrected chi connectivity index (χ3v) is 1.91. The monoisotopic (exact) mass is 217 g/mol. The van der Waals surface area contributed by atoms with E-state index in [9.17, 15) is 0 Å². The molecule has 1 rings (SSSR count). The van der Waals surface area contributed by atoms with Crippen molar-refractivity contribution in [2.24, 2.45) is 0 Å². The van der Waals surface area contributed by atoms with E-state index in [4.69, 9.17) is 28.3 Å². The minimum Gasteiger partial charge on any atom is -0.505 e. The lowest BCUT2D eigenvalue weighted by atomic mass is 10.3. The molecule has 1 aromatic heterocycles. The van der Waals surface area contributed by atoms with E-state index in [2.05, 4.69) is 4.98 Å². The maximum absolute atomic E-state index is 9.08. The number of halogens is 2. The van der Waals surface area contributed by atoms with E-state index < -0.39 is 0 Å². The van der Waals surface area contributed by atoms with Gasteiger partial charge in [-0.15, -0.1) is 11.6 Å². The SMILES string of the molecule is Oc1ccc(C=CCCCl)nc1Cl. The topological polar surface area (TPSA) is 33.1 Å². The lowest BCUT2D eigenvalue weighted by molar-refractivity contribution is 0.473. The Morgan fingerprint density at radius 2 is 2.23 bits per heavy atom. The van der Waals surface area contributed by atoms with Crippen LogP contribution in [0.15, 0.2) is 18.2 Å². The van der Waals surface area contributed by atoms with E-state index in [1.54, 1.807) is 6.07 Å². The number of rotatable bonds is 3. The van der Waals surface area contributed by atoms with Crippen LogP contribution in [-0.4, -0.2) is 16.0 Å². The number of pyridine rings is 1. The molecule has 4 heteroatoms. The third-order valence-electron chi connectivity index (χ3n) is 1.41. The van der Waals surface area contributed by atoms with Crippen molar-refractivity contribution in [3.05, 3.63) is 29.1 Å². The van der Waals surface area contributed by atoms with E-state index in [0.717, 1.165) is 6.42 Å². The van der Waals surface area contributed by atoms with Gasteiger partial charge in [0.15, 0.2) is 10.9 Å². The van der Waals surface area contributed by atoms with Crippen LogP contribution >= 0.6 is 23.2 Å². The molecule has 0 amide bonds. The number of aromatic nitrogens is 1. The second-order valence-corrected chi connectivity index (χ2v) is 3.16. The molecule has 1 heterocycles. The first kappa shape index (κ1) is 10.4. The van der Waals surface area contributed by atoms with Crippen molar-refractivity contribution in [1.82, 2.24) is 4.98 Å². The minimum absolute atomic E-state index is 0.00356. The van der Waals surface area contributed by atoms with Crippen LogP contribution in [0, 0.1) is 0 Å². The van der Waals surface area contributed by atoms with Gasteiger partial charge in [0.1, 0.15) is 0 Å². The number of allylic oxidation sites excluding steroid dienone is 1. The molecule has 13 heavy (non-hydrogen) atoms. The fourth-order valence-electron chi connectivity index (χ4n) is 0.801. The second kappa shape index (κ2) is 5.10. The smallest absolute Gasteiger partial charge is 0.171 e. The lowest BCUT2D eigenvalue weighted by Gasteiger charge is -1.96. The molecular formula is C9H9Cl2NO. The number of hydrogen-bond acceptors (Lipinski definition) is 2. The maximum Gasteiger partial charge on any atom is 0.171 e. The van der Waals surface area contributed by atoms with Crippen LogP contribution in [0.25, 0.3) is 6.08 Å². The first-order valence-electron chi connectivity index (χ1n) is 3.82. The lowest BCUT2D eigenvalue weighted by Crippen LogP contribution is -1.81. The molecule has 0 aromatic carbocycles. The minimum atomic E-state index is -0.00356. The summed E-state index contributed by atoms with van der Waals surface area (Å²) in [6.07, 6.45) is 4.51. The summed E-state index contributed by atoms with van der Waals surface area (Å²) in [4.78, 5) is 3.93. The zero-order chi connectivity index (χ0) is 9.68. The van der Waals surface area contributed by atoms with Crippen LogP contribution in [0.3, 0.4) is 0 Å². The van der Waals surface area contributed by atoms with Crippen LogP contribution in [0.2, 0.25) is 5.15 Å². The predicted molar refractivity (Wildman–Crippen MR) is 55.3 cm³/mol. The van der Waals surface area contributed by atoms with Gasteiger partial charge in [-0.2, -0.15) is 0 Å². The van der Waals surface area contributed by atoms with Crippen molar-refractivity contribution >= 4 is 29.3 Å². The van der Waals surface area contributed by atoms with Crippen LogP contribution in [0.4, 0.5) is 0 Å². The van der Waals surface area contributed by atoms with E-state index >= 15 is 0 Å². The van der Waals surface area contributed by atoms with Crippen LogP contribution in [0.5, 0.6) is 5.75 Å². The van der Waals surface area contributed by atoms with E-state index in [1.807, 2.05) is 12.2 Å². The molecular weight excluding hydrogens is 209 g/mol. The van der Waals surface area contributed by atoms with E-state index in [1.165, 1.54) is 6.07 Å². The fourth-order valence-corrected chi connectivity index (χ4v) is 1.09. The standard InChI is InChI=1S/C9H9Cl2NO/c10-6-2-1-3-7-4-5-8(13)9(11)12-7/h1,3-5,13H,2,6H2. The number of aromatic hydroxyl groups is 1. The summed E-state index contributed by atoms with van der Waals surface area (Å²) in [5.74, 6) is 0.582. The molecule has 0 radical (unpaired) electrons. The zero-order valence-electron chi connectivity index (χ0n) is 6.87. The highest BCUT2D eigenvalue weighted by atomic mass is 35.5. The van der Waals surface area contributed by atoms with Crippen molar-refractivity contribution in [3.63, 3.8) is 0 Å². The Labute approximate surface area is 86.8 Å². The third kappa shape index (κ3) is 3.25. The van der Waals surface area contributed by atoms with Gasteiger partial charge in [0.2, 0.25) is 0 Å². The van der Waals surface area contributed by atoms with Crippen LogP contribution in [0.1, 0.15) is 12.1 Å². The molecule has 70 valence electrons. The molecule has 0 saturated heterocycles. The molecule has 0 atom stereocenters. The Kier molecular flexibility index (Phi) is 4.06. The summed E-state index contributed by atoms with van der Waals surface area (Å²) in [6, 6.07) is 3.20. The van der Waals surface area contributed by atoms with Crippen molar-refractivity contribution in [1.29, 1.82) is 0 Å². The molecule has 0 saturated carbocycles. The number of hydrogen-bond donors (Lipinski definition) is 1. The highest BCUT2D eigenvalue weighted by Crippen LogP contribution is 2.20. The van der Waals surface area contributed by atoms with Gasteiger partial charge in [0, 0.05) is 5.88 Å². The molecule has 0 spiro atoms. The van der Waals surface area contributed by atoms with Gasteiger partial charge in [-0.25, -0.2) is 4.98 Å². The summed E-state index contributed by atoms with van der Waals surface area (Å²) in [6.45, 7) is 0. The summed E-state index contributed by atoms with van der Waals surface area (Å²) < 4.78 is 0. The first-order valence-corrected chi connectivity index (χ1v) is 4.73. The molecule has 0 aliphatic carbocycles. The molecule has 0 aliphatic heterocycles. The van der Waals surface area contributed by atoms with Crippen molar-refractivity contribution < 1.29 is 5.11 Å². The molecule has 0 unspecified atom stereocenters. The zero-order valence-corrected chi connectivity index (χ0v) is 8.39. The Morgan fingerprint density at radius 3 is 2.85 bits per heavy atom. The van der Waals surface area contributed by atoms with Gasteiger partial charge >= 0.3 is 0 Å². The van der Waals surface area contributed by atoms with E-state index in [0.29, 0.717) is 11.6 Å². The van der Waals surface area contributed by atoms with Crippen molar-refractivity contribution in [2.45, 2.75) is 6.42 Å². The van der Waals surface area contributed by atoms with Gasteiger partial charge in [-0.3, -0.25) is 0 Å². The molecule has 0 bridgehead atoms. The van der Waals surface area contributed by atoms with Crippen molar-refractivity contribution in [3.8, 4) is 5.75 Å². The van der Waals surface area contributed by atoms with Crippen LogP contribution < -0.4 is 0 Å². The number of alkyl halides is 1. The Balaban J connectivity index is 2.73. The maximum atomic E-state index is 9.08. The fraction of sp³-hybridized carbons (Fsp3) is 0.222. The van der Waals surface area contributed by atoms with Gasteiger partial charge in [-0.1, -0.05) is 17.7 Å². The summed E-state index contributed by atoms with van der Waals surface area (Å²) in [5.41, 5.74) is 0.716. The largest absolute Gasteiger partial charge is 0.505 e. The molecule has 1 N–H and O–H groups in total. The van der Waals surface area contributed by atoms with Gasteiger partial charge in [0.25, 0.3) is 0 Å². The van der Waals surface area contributed by atoms with Crippen molar-refractivity contribution in [2.75, 3.05) is 5.88 Å². The Hall–Kier alpha value is -0.730. The second-order valence-electron chi connectivity index (χ2n) is 2.43. The summed E-state index contributed by atoms with van der Waals surface area (Å²) in [5, 5.41) is 9.19. The van der Waals surface area contributed by atoms with Gasteiger partial charge in [0.05, 0.1) is 5.69 Å². The average molecular weight is 218 g/mol. The Bertz CT molecular complexity index is 312. The van der Waals surface area contributed by atoms with Gasteiger partial charge < -0.3 is 5.11 Å². The molecule has 0 fully saturated rings. The molecule has 0 aliphatic rings. The predicted octanol–water partition coefficient (Wildman–Crippen LogP) is 3.08. The quantitative estimate of drug-likeness (QED) is 0.624. The molecule has 2 nitrogen and oxygen atoms in total. The van der Waals surface area contributed by atoms with E-state index in [-0.39, 0.29) is 10.9 Å². The average Bonchev–Trinajstić information content (AvgIpc) is 2.12. The Morgan fingerprint density at radius 1 is 1.46 bits per heavy atom. The first-order chi connectivity index (χ1) is 6.24. The number of nitrogens with zero attached hydrogens (tertiary/aromatic N) is 1. The summed E-state index contributed by atoms with van der Waals surface area (Å²) in [7, 11) is 0. The molecule has 1 aromatic rings. The highest BCUT2D eigenvalue weighted by molar-refractivity contribution is 6.30.